The van der Waals surface area contributed by atoms with E-state index in [-0.39, 0.29) is 0 Å². The van der Waals surface area contributed by atoms with Gasteiger partial charge in [0.1, 0.15) is 19.2 Å². The van der Waals surface area contributed by atoms with E-state index in [2.05, 4.69) is 140 Å². The molecule has 5 heteroatoms. The molecule has 0 saturated heterocycles. The van der Waals surface area contributed by atoms with Crippen molar-refractivity contribution < 1.29 is 4.42 Å². The van der Waals surface area contributed by atoms with Gasteiger partial charge >= 0.3 is 0 Å². The molecule has 52 heavy (non-hydrogen) atoms. The van der Waals surface area contributed by atoms with Gasteiger partial charge < -0.3 is 4.42 Å². The molecular weight excluding hydrogens is 651 g/mol. The molecule has 9 aromatic rings. The van der Waals surface area contributed by atoms with Gasteiger partial charge in [0.2, 0.25) is 0 Å². The summed E-state index contributed by atoms with van der Waals surface area (Å²) >= 11 is 0. The van der Waals surface area contributed by atoms with Gasteiger partial charge in [0, 0.05) is 33.0 Å². The number of benzene rings is 7. The number of hydrogen-bond acceptors (Lipinski definition) is 4. The van der Waals surface area contributed by atoms with Crippen molar-refractivity contribution in [2.75, 3.05) is 0 Å². The summed E-state index contributed by atoms with van der Waals surface area (Å²) in [5, 5.41) is 5.04. The van der Waals surface area contributed by atoms with Crippen LogP contribution in [0.25, 0.3) is 89.5 Å². The number of fused-ring (bicyclic) bond motifs is 6. The van der Waals surface area contributed by atoms with E-state index in [0.717, 1.165) is 49.8 Å². The molecule has 1 aliphatic rings. The van der Waals surface area contributed by atoms with Gasteiger partial charge in [-0.15, -0.1) is 0 Å². The Morgan fingerprint density at radius 3 is 1.77 bits per heavy atom. The predicted molar refractivity (Wildman–Crippen MR) is 216 cm³/mol. The first-order valence-corrected chi connectivity index (χ1v) is 20.7. The average Bonchev–Trinajstić information content (AvgIpc) is 3.70. The maximum atomic E-state index is 6.61. The fourth-order valence-electron chi connectivity index (χ4n) is 8.09. The molecule has 4 nitrogen and oxygen atoms in total. The molecule has 0 N–H and O–H groups in total. The summed E-state index contributed by atoms with van der Waals surface area (Å²) in [4.78, 5) is 15.6. The minimum absolute atomic E-state index is 0.608. The largest absolute Gasteiger partial charge is 0.455 e. The zero-order chi connectivity index (χ0) is 34.8. The molecule has 10 rings (SSSR count). The second-order valence-corrected chi connectivity index (χ2v) is 18.3. The summed E-state index contributed by atoms with van der Waals surface area (Å²) in [6.07, 6.45) is 0. The van der Waals surface area contributed by atoms with Crippen molar-refractivity contribution in [2.45, 2.75) is 13.1 Å². The van der Waals surface area contributed by atoms with Crippen LogP contribution in [0.1, 0.15) is 0 Å². The number of hydrogen-bond donors (Lipinski definition) is 0. The van der Waals surface area contributed by atoms with Crippen LogP contribution in [-0.2, 0) is 0 Å². The Hall–Kier alpha value is -6.43. The van der Waals surface area contributed by atoms with E-state index in [1.54, 1.807) is 0 Å². The van der Waals surface area contributed by atoms with Crippen molar-refractivity contribution in [1.82, 2.24) is 15.0 Å². The van der Waals surface area contributed by atoms with E-state index in [1.165, 1.54) is 32.6 Å². The fourth-order valence-corrected chi connectivity index (χ4v) is 11.6. The maximum Gasteiger partial charge on any atom is 0.164 e. The Labute approximate surface area is 303 Å². The second-order valence-electron chi connectivity index (χ2n) is 14.0. The molecule has 0 spiro atoms. The quantitative estimate of drug-likeness (QED) is 0.169. The molecule has 0 bridgehead atoms. The van der Waals surface area contributed by atoms with E-state index >= 15 is 0 Å². The first-order valence-electron chi connectivity index (χ1n) is 17.7. The number of aromatic nitrogens is 3. The van der Waals surface area contributed by atoms with Gasteiger partial charge in [-0.3, -0.25) is 0 Å². The molecule has 0 aliphatic carbocycles. The van der Waals surface area contributed by atoms with E-state index in [9.17, 15) is 0 Å². The van der Waals surface area contributed by atoms with Gasteiger partial charge in [0.25, 0.3) is 0 Å². The van der Waals surface area contributed by atoms with Crippen molar-refractivity contribution in [3.63, 3.8) is 0 Å². The zero-order valence-corrected chi connectivity index (χ0v) is 29.8. The number of furan rings is 1. The van der Waals surface area contributed by atoms with Gasteiger partial charge in [-0.05, 0) is 56.4 Å². The highest BCUT2D eigenvalue weighted by atomic mass is 28.3. The second kappa shape index (κ2) is 11.8. The summed E-state index contributed by atoms with van der Waals surface area (Å²) in [5.74, 6) is 1.90. The van der Waals surface area contributed by atoms with Crippen LogP contribution in [-0.4, -0.2) is 23.0 Å². The molecule has 7 aromatic carbocycles. The Kier molecular flexibility index (Phi) is 6.91. The smallest absolute Gasteiger partial charge is 0.164 e. The van der Waals surface area contributed by atoms with Crippen molar-refractivity contribution in [2.24, 2.45) is 0 Å². The van der Waals surface area contributed by atoms with E-state index in [0.29, 0.717) is 17.5 Å². The number of rotatable bonds is 5. The predicted octanol–water partition coefficient (Wildman–Crippen LogP) is 10.9. The SMILES string of the molecule is C[Si]1(C)c2cc(-c3nc(-c4ccccc4)nc(-c4ccc5c(oc6ccccc65)c4-c4ccccc4)n3)ccc2-c2cccc(-c3ccccc3)c21. The molecule has 0 fully saturated rings. The molecule has 0 amide bonds. The van der Waals surface area contributed by atoms with E-state index in [4.69, 9.17) is 19.4 Å². The summed E-state index contributed by atoms with van der Waals surface area (Å²) in [6.45, 7) is 4.94. The Bertz CT molecular complexity index is 2810. The van der Waals surface area contributed by atoms with Crippen molar-refractivity contribution in [1.29, 1.82) is 0 Å². The van der Waals surface area contributed by atoms with Crippen LogP contribution in [0.15, 0.2) is 168 Å². The minimum atomic E-state index is -2.11. The highest BCUT2D eigenvalue weighted by molar-refractivity contribution is 7.04. The number of nitrogens with zero attached hydrogens (tertiary/aromatic N) is 3. The van der Waals surface area contributed by atoms with Crippen LogP contribution in [0.3, 0.4) is 0 Å². The molecular formula is C47H33N3OSi. The highest BCUT2D eigenvalue weighted by Crippen LogP contribution is 2.42. The zero-order valence-electron chi connectivity index (χ0n) is 28.8. The van der Waals surface area contributed by atoms with E-state index in [1.807, 2.05) is 36.4 Å². The molecule has 2 aromatic heterocycles. The summed E-state index contributed by atoms with van der Waals surface area (Å²) < 4.78 is 6.61. The molecule has 0 radical (unpaired) electrons. The van der Waals surface area contributed by atoms with Crippen LogP contribution in [0.4, 0.5) is 0 Å². The lowest BCUT2D eigenvalue weighted by Gasteiger charge is -2.22. The Balaban J connectivity index is 1.19. The molecule has 0 atom stereocenters. The Morgan fingerprint density at radius 2 is 1.02 bits per heavy atom. The average molecular weight is 684 g/mol. The Morgan fingerprint density at radius 1 is 0.423 bits per heavy atom. The van der Waals surface area contributed by atoms with Crippen LogP contribution in [0.2, 0.25) is 13.1 Å². The van der Waals surface area contributed by atoms with Gasteiger partial charge in [0.05, 0.1) is 0 Å². The lowest BCUT2D eigenvalue weighted by Crippen LogP contribution is -2.50. The van der Waals surface area contributed by atoms with Crippen LogP contribution in [0.5, 0.6) is 0 Å². The van der Waals surface area contributed by atoms with Gasteiger partial charge in [-0.25, -0.2) is 15.0 Å². The van der Waals surface area contributed by atoms with Gasteiger partial charge in [0.15, 0.2) is 17.5 Å². The molecule has 3 heterocycles. The van der Waals surface area contributed by atoms with Gasteiger partial charge in [-0.2, -0.15) is 0 Å². The molecule has 0 unspecified atom stereocenters. The number of para-hydroxylation sites is 1. The molecule has 0 saturated carbocycles. The van der Waals surface area contributed by atoms with E-state index < -0.39 is 8.07 Å². The first kappa shape index (κ1) is 30.4. The fraction of sp³-hybridized carbons (Fsp3) is 0.0426. The first-order chi connectivity index (χ1) is 25.5. The van der Waals surface area contributed by atoms with Crippen LogP contribution < -0.4 is 10.4 Å². The van der Waals surface area contributed by atoms with Crippen molar-refractivity contribution in [3.05, 3.63) is 164 Å². The summed E-state index contributed by atoms with van der Waals surface area (Å²) in [6, 6.07) is 57.4. The normalized spacial score (nSPS) is 13.0. The standard InChI is InChI=1S/C47H33N3OSi/c1-52(2)41-29-33(25-26-36(41)38-23-14-22-34(44(38)52)30-15-6-3-7-16-30)46-48-45(32-19-10-5-11-20-32)49-47(50-46)39-28-27-37-35-21-12-13-24-40(35)51-43(37)42(39)31-17-8-4-9-18-31/h3-29H,1-2H3. The van der Waals surface area contributed by atoms with Crippen molar-refractivity contribution in [3.8, 4) is 67.5 Å². The third-order valence-electron chi connectivity index (χ3n) is 10.5. The monoisotopic (exact) mass is 683 g/mol. The van der Waals surface area contributed by atoms with Gasteiger partial charge in [-0.1, -0.05) is 159 Å². The lowest BCUT2D eigenvalue weighted by molar-refractivity contribution is 0.670. The molecule has 246 valence electrons. The minimum Gasteiger partial charge on any atom is -0.455 e. The third kappa shape index (κ3) is 4.78. The summed E-state index contributed by atoms with van der Waals surface area (Å²) in [7, 11) is -2.11. The van der Waals surface area contributed by atoms with Crippen LogP contribution in [0, 0.1) is 0 Å². The topological polar surface area (TPSA) is 51.8 Å². The molecule has 1 aliphatic heterocycles. The van der Waals surface area contributed by atoms with Crippen LogP contribution >= 0.6 is 0 Å². The summed E-state index contributed by atoms with van der Waals surface area (Å²) in [5.41, 5.74) is 11.8. The third-order valence-corrected chi connectivity index (χ3v) is 14.1. The van der Waals surface area contributed by atoms with Crippen molar-refractivity contribution >= 4 is 40.4 Å². The highest BCUT2D eigenvalue weighted by Gasteiger charge is 2.39. The maximum absolute atomic E-state index is 6.61. The lowest BCUT2D eigenvalue weighted by atomic mass is 9.96.